The van der Waals surface area contributed by atoms with Crippen molar-refractivity contribution in [2.45, 2.75) is 32.7 Å². The first kappa shape index (κ1) is 19.1. The van der Waals surface area contributed by atoms with E-state index in [0.717, 1.165) is 43.5 Å². The molecule has 3 aromatic rings. The summed E-state index contributed by atoms with van der Waals surface area (Å²) in [5, 5.41) is 0.420. The number of aromatic nitrogens is 3. The maximum atomic E-state index is 13.6. The van der Waals surface area contributed by atoms with E-state index in [2.05, 4.69) is 9.88 Å². The zero-order chi connectivity index (χ0) is 20.2. The van der Waals surface area contributed by atoms with E-state index < -0.39 is 5.97 Å². The van der Waals surface area contributed by atoms with Gasteiger partial charge in [0.25, 0.3) is 5.56 Å². The summed E-state index contributed by atoms with van der Waals surface area (Å²) in [6.45, 7) is 3.47. The second-order valence-corrected chi connectivity index (χ2v) is 7.08. The summed E-state index contributed by atoms with van der Waals surface area (Å²) in [5.74, 6) is 0.0483. The molecule has 0 bridgehead atoms. The number of ether oxygens (including phenoxy) is 1. The maximum Gasteiger partial charge on any atom is 0.326 e. The van der Waals surface area contributed by atoms with Crippen LogP contribution >= 0.6 is 0 Å². The van der Waals surface area contributed by atoms with Gasteiger partial charge in [-0.1, -0.05) is 30.3 Å². The Labute approximate surface area is 169 Å². The highest BCUT2D eigenvalue weighted by molar-refractivity contribution is 5.92. The summed E-state index contributed by atoms with van der Waals surface area (Å²) >= 11 is 0. The van der Waals surface area contributed by atoms with Crippen molar-refractivity contribution >= 4 is 23.0 Å². The number of fused-ring (bicyclic) bond motifs is 1. The van der Waals surface area contributed by atoms with Gasteiger partial charge in [-0.25, -0.2) is 4.98 Å². The molecule has 150 valence electrons. The normalized spacial score (nSPS) is 14.2. The highest BCUT2D eigenvalue weighted by atomic mass is 16.5. The molecular formula is C22H24N4O3. The molecule has 7 nitrogen and oxygen atoms in total. The molecule has 0 saturated carbocycles. The summed E-state index contributed by atoms with van der Waals surface area (Å²) < 4.78 is 6.55. The molecule has 1 aromatic carbocycles. The lowest BCUT2D eigenvalue weighted by molar-refractivity contribution is -0.143. The quantitative estimate of drug-likeness (QED) is 0.621. The molecule has 0 atom stereocenters. The van der Waals surface area contributed by atoms with Crippen LogP contribution in [0.5, 0.6) is 0 Å². The molecule has 1 aliphatic rings. The molecule has 0 unspecified atom stereocenters. The van der Waals surface area contributed by atoms with Gasteiger partial charge in [-0.05, 0) is 43.4 Å². The standard InChI is InChI=1S/C22H24N4O3/c1-2-29-18(27)15-26-21(28)19-17(16-9-5-3-6-10-16)11-12-23-20(19)24-22(26)25-13-7-4-8-14-25/h3,5-6,9-12H,2,4,7-8,13-15H2,1H3. The van der Waals surface area contributed by atoms with E-state index in [9.17, 15) is 9.59 Å². The van der Waals surface area contributed by atoms with Gasteiger partial charge in [0.05, 0.1) is 12.0 Å². The van der Waals surface area contributed by atoms with Crippen LogP contribution in [-0.2, 0) is 16.1 Å². The molecule has 2 aromatic heterocycles. The van der Waals surface area contributed by atoms with Gasteiger partial charge in [0, 0.05) is 19.3 Å². The lowest BCUT2D eigenvalue weighted by Gasteiger charge is -2.29. The Bertz CT molecular complexity index is 1070. The number of benzene rings is 1. The summed E-state index contributed by atoms with van der Waals surface area (Å²) in [6, 6.07) is 11.5. The second kappa shape index (κ2) is 8.43. The first-order valence-corrected chi connectivity index (χ1v) is 10.0. The number of esters is 1. The lowest BCUT2D eigenvalue weighted by atomic mass is 10.0. The second-order valence-electron chi connectivity index (χ2n) is 7.08. The zero-order valence-corrected chi connectivity index (χ0v) is 16.5. The van der Waals surface area contributed by atoms with Crippen molar-refractivity contribution in [3.8, 4) is 11.1 Å². The maximum absolute atomic E-state index is 13.6. The highest BCUT2D eigenvalue weighted by Crippen LogP contribution is 2.26. The molecule has 0 amide bonds. The third kappa shape index (κ3) is 3.85. The van der Waals surface area contributed by atoms with Crippen molar-refractivity contribution in [3.05, 3.63) is 52.9 Å². The Morgan fingerprint density at radius 2 is 1.86 bits per heavy atom. The van der Waals surface area contributed by atoms with Crippen LogP contribution in [0.4, 0.5) is 5.95 Å². The Hall–Kier alpha value is -3.22. The Kier molecular flexibility index (Phi) is 5.55. The van der Waals surface area contributed by atoms with Crippen molar-refractivity contribution in [1.82, 2.24) is 14.5 Å². The third-order valence-corrected chi connectivity index (χ3v) is 5.15. The molecule has 0 N–H and O–H groups in total. The van der Waals surface area contributed by atoms with Crippen molar-refractivity contribution in [3.63, 3.8) is 0 Å². The largest absolute Gasteiger partial charge is 0.465 e. The van der Waals surface area contributed by atoms with Crippen LogP contribution in [0.15, 0.2) is 47.4 Å². The van der Waals surface area contributed by atoms with E-state index in [4.69, 9.17) is 9.72 Å². The van der Waals surface area contributed by atoms with Crippen LogP contribution in [-0.4, -0.2) is 40.2 Å². The molecule has 29 heavy (non-hydrogen) atoms. The highest BCUT2D eigenvalue weighted by Gasteiger charge is 2.23. The first-order chi connectivity index (χ1) is 14.2. The molecule has 0 spiro atoms. The van der Waals surface area contributed by atoms with E-state index >= 15 is 0 Å². The van der Waals surface area contributed by atoms with Gasteiger partial charge in [0.2, 0.25) is 5.95 Å². The number of rotatable bonds is 5. The van der Waals surface area contributed by atoms with Crippen LogP contribution in [0, 0.1) is 0 Å². The van der Waals surface area contributed by atoms with E-state index in [0.29, 0.717) is 17.0 Å². The molecule has 0 aliphatic carbocycles. The fourth-order valence-corrected chi connectivity index (χ4v) is 3.80. The minimum absolute atomic E-state index is 0.162. The number of hydrogen-bond acceptors (Lipinski definition) is 6. The van der Waals surface area contributed by atoms with Crippen molar-refractivity contribution < 1.29 is 9.53 Å². The Morgan fingerprint density at radius 1 is 1.10 bits per heavy atom. The average Bonchev–Trinajstić information content (AvgIpc) is 2.76. The van der Waals surface area contributed by atoms with E-state index in [1.807, 2.05) is 36.4 Å². The predicted octanol–water partition coefficient (Wildman–Crippen LogP) is 3.01. The third-order valence-electron chi connectivity index (χ3n) is 5.15. The predicted molar refractivity (Wildman–Crippen MR) is 112 cm³/mol. The van der Waals surface area contributed by atoms with Crippen molar-refractivity contribution in [2.24, 2.45) is 0 Å². The van der Waals surface area contributed by atoms with Crippen LogP contribution in [0.3, 0.4) is 0 Å². The minimum atomic E-state index is -0.445. The van der Waals surface area contributed by atoms with Gasteiger partial charge in [0.15, 0.2) is 5.65 Å². The van der Waals surface area contributed by atoms with Crippen molar-refractivity contribution in [2.75, 3.05) is 24.6 Å². The number of piperidine rings is 1. The average molecular weight is 392 g/mol. The van der Waals surface area contributed by atoms with Gasteiger partial charge in [-0.2, -0.15) is 4.98 Å². The molecule has 3 heterocycles. The van der Waals surface area contributed by atoms with Crippen LogP contribution < -0.4 is 10.5 Å². The molecule has 4 rings (SSSR count). The molecule has 7 heteroatoms. The number of nitrogens with zero attached hydrogens (tertiary/aromatic N) is 4. The molecular weight excluding hydrogens is 368 g/mol. The topological polar surface area (TPSA) is 77.3 Å². The molecule has 0 radical (unpaired) electrons. The first-order valence-electron chi connectivity index (χ1n) is 10.0. The fraction of sp³-hybridized carbons (Fsp3) is 0.364. The summed E-state index contributed by atoms with van der Waals surface area (Å²) in [7, 11) is 0. The van der Waals surface area contributed by atoms with E-state index in [-0.39, 0.29) is 18.7 Å². The smallest absolute Gasteiger partial charge is 0.326 e. The number of carbonyl (C=O) groups excluding carboxylic acids is 1. The van der Waals surface area contributed by atoms with Gasteiger partial charge < -0.3 is 9.64 Å². The summed E-state index contributed by atoms with van der Waals surface area (Å²) in [6.07, 6.45) is 4.89. The monoisotopic (exact) mass is 392 g/mol. The summed E-state index contributed by atoms with van der Waals surface area (Å²) in [4.78, 5) is 37.0. The lowest BCUT2D eigenvalue weighted by Crippen LogP contribution is -2.38. The molecule has 1 aliphatic heterocycles. The number of carbonyl (C=O) groups is 1. The van der Waals surface area contributed by atoms with Crippen LogP contribution in [0.25, 0.3) is 22.2 Å². The van der Waals surface area contributed by atoms with Gasteiger partial charge >= 0.3 is 5.97 Å². The van der Waals surface area contributed by atoms with Gasteiger partial charge in [0.1, 0.15) is 6.54 Å². The molecule has 1 fully saturated rings. The van der Waals surface area contributed by atoms with E-state index in [1.54, 1.807) is 13.1 Å². The number of hydrogen-bond donors (Lipinski definition) is 0. The Balaban J connectivity index is 1.93. The Morgan fingerprint density at radius 3 is 2.59 bits per heavy atom. The number of pyridine rings is 1. The summed E-state index contributed by atoms with van der Waals surface area (Å²) in [5.41, 5.74) is 1.80. The fourth-order valence-electron chi connectivity index (χ4n) is 3.80. The van der Waals surface area contributed by atoms with Gasteiger partial charge in [-0.15, -0.1) is 0 Å². The van der Waals surface area contributed by atoms with Crippen molar-refractivity contribution in [1.29, 1.82) is 0 Å². The van der Waals surface area contributed by atoms with Gasteiger partial charge in [-0.3, -0.25) is 14.2 Å². The minimum Gasteiger partial charge on any atom is -0.465 e. The van der Waals surface area contributed by atoms with E-state index in [1.165, 1.54) is 4.57 Å². The SMILES string of the molecule is CCOC(=O)Cn1c(N2CCCCC2)nc2nccc(-c3ccccc3)c2c1=O. The van der Waals surface area contributed by atoms with Crippen LogP contribution in [0.1, 0.15) is 26.2 Å². The molecule has 1 saturated heterocycles. The zero-order valence-electron chi connectivity index (χ0n) is 16.5. The van der Waals surface area contributed by atoms with Crippen LogP contribution in [0.2, 0.25) is 0 Å². The number of anilines is 1.